The molecule has 2 aliphatic carbocycles. The zero-order valence-corrected chi connectivity index (χ0v) is 14.3. The number of nitrogens with one attached hydrogen (secondary N) is 2. The number of amides is 2. The van der Waals surface area contributed by atoms with E-state index in [4.69, 9.17) is 5.26 Å². The molecule has 0 aliphatic heterocycles. The molecular weight excluding hydrogens is 314 g/mol. The lowest BCUT2D eigenvalue weighted by Crippen LogP contribution is -2.28. The quantitative estimate of drug-likeness (QED) is 0.782. The van der Waals surface area contributed by atoms with Gasteiger partial charge < -0.3 is 10.6 Å². The third kappa shape index (κ3) is 4.48. The molecule has 5 nitrogen and oxygen atoms in total. The third-order valence-electron chi connectivity index (χ3n) is 4.90. The maximum Gasteiger partial charge on any atom is 0.228 e. The Morgan fingerprint density at radius 2 is 1.96 bits per heavy atom. The van der Waals surface area contributed by atoms with Crippen LogP contribution >= 0.6 is 0 Å². The molecule has 0 saturated heterocycles. The first-order valence-corrected chi connectivity index (χ1v) is 8.94. The predicted octanol–water partition coefficient (Wildman–Crippen LogP) is 3.14. The highest BCUT2D eigenvalue weighted by atomic mass is 16.2. The summed E-state index contributed by atoms with van der Waals surface area (Å²) in [4.78, 5) is 24.4. The lowest BCUT2D eigenvalue weighted by molar-refractivity contribution is -0.125. The molecule has 2 unspecified atom stereocenters. The van der Waals surface area contributed by atoms with E-state index in [1.165, 1.54) is 18.4 Å². The molecule has 2 N–H and O–H groups in total. The van der Waals surface area contributed by atoms with Crippen molar-refractivity contribution in [1.82, 2.24) is 5.32 Å². The summed E-state index contributed by atoms with van der Waals surface area (Å²) in [5.74, 6) is -0.752. The Morgan fingerprint density at radius 3 is 2.72 bits per heavy atom. The van der Waals surface area contributed by atoms with Crippen LogP contribution in [0.5, 0.6) is 0 Å². The summed E-state index contributed by atoms with van der Waals surface area (Å²) < 4.78 is 0. The summed E-state index contributed by atoms with van der Waals surface area (Å²) in [7, 11) is 0. The van der Waals surface area contributed by atoms with Crippen molar-refractivity contribution in [2.75, 3.05) is 11.9 Å². The van der Waals surface area contributed by atoms with Gasteiger partial charge in [-0.2, -0.15) is 5.26 Å². The van der Waals surface area contributed by atoms with Crippen LogP contribution in [-0.2, 0) is 9.59 Å². The van der Waals surface area contributed by atoms with E-state index in [0.717, 1.165) is 19.3 Å². The van der Waals surface area contributed by atoms with Crippen LogP contribution in [0.4, 0.5) is 5.69 Å². The van der Waals surface area contributed by atoms with Gasteiger partial charge in [-0.15, -0.1) is 0 Å². The molecule has 2 amide bonds. The molecule has 1 saturated carbocycles. The molecule has 0 spiro atoms. The van der Waals surface area contributed by atoms with Crippen LogP contribution in [0.2, 0.25) is 0 Å². The third-order valence-corrected chi connectivity index (χ3v) is 4.90. The average molecular weight is 337 g/mol. The minimum absolute atomic E-state index is 0.0369. The first kappa shape index (κ1) is 17.2. The monoisotopic (exact) mass is 337 g/mol. The Hall–Kier alpha value is -2.61. The summed E-state index contributed by atoms with van der Waals surface area (Å²) >= 11 is 0. The molecule has 0 aromatic heterocycles. The fraction of sp³-hybridized carbons (Fsp3) is 0.450. The minimum atomic E-state index is -0.291. The largest absolute Gasteiger partial charge is 0.356 e. The number of carbonyl (C=O) groups is 2. The van der Waals surface area contributed by atoms with E-state index in [1.807, 2.05) is 0 Å². The summed E-state index contributed by atoms with van der Waals surface area (Å²) in [6.45, 7) is 0.646. The van der Waals surface area contributed by atoms with Crippen molar-refractivity contribution in [2.24, 2.45) is 11.8 Å². The number of benzene rings is 1. The van der Waals surface area contributed by atoms with Gasteiger partial charge in [0, 0.05) is 6.54 Å². The van der Waals surface area contributed by atoms with Gasteiger partial charge in [-0.1, -0.05) is 23.8 Å². The van der Waals surface area contributed by atoms with Gasteiger partial charge in [0.05, 0.1) is 23.1 Å². The van der Waals surface area contributed by atoms with Crippen molar-refractivity contribution in [1.29, 1.82) is 5.26 Å². The van der Waals surface area contributed by atoms with Crippen molar-refractivity contribution in [3.05, 3.63) is 41.5 Å². The van der Waals surface area contributed by atoms with Crippen LogP contribution in [-0.4, -0.2) is 18.4 Å². The topological polar surface area (TPSA) is 82.0 Å². The van der Waals surface area contributed by atoms with E-state index in [0.29, 0.717) is 24.2 Å². The maximum absolute atomic E-state index is 12.3. The SMILES string of the molecule is N#Cc1ccccc1NC(=O)C1CC1C(=O)NCCC1=CCCCC1. The molecule has 2 aliphatic rings. The Labute approximate surface area is 148 Å². The summed E-state index contributed by atoms with van der Waals surface area (Å²) in [5.41, 5.74) is 2.37. The summed E-state index contributed by atoms with van der Waals surface area (Å²) in [6.07, 6.45) is 8.58. The molecule has 130 valence electrons. The van der Waals surface area contributed by atoms with Crippen molar-refractivity contribution >= 4 is 17.5 Å². The lowest BCUT2D eigenvalue weighted by atomic mass is 9.97. The van der Waals surface area contributed by atoms with Gasteiger partial charge >= 0.3 is 0 Å². The van der Waals surface area contributed by atoms with Gasteiger partial charge in [0.15, 0.2) is 0 Å². The summed E-state index contributed by atoms with van der Waals surface area (Å²) in [6, 6.07) is 8.94. The van der Waals surface area contributed by atoms with Crippen LogP contribution in [0.15, 0.2) is 35.9 Å². The molecule has 3 rings (SSSR count). The number of para-hydroxylation sites is 1. The minimum Gasteiger partial charge on any atom is -0.356 e. The van der Waals surface area contributed by atoms with Crippen LogP contribution in [0.25, 0.3) is 0 Å². The normalized spacial score (nSPS) is 21.6. The second-order valence-electron chi connectivity index (χ2n) is 6.74. The Morgan fingerprint density at radius 1 is 1.16 bits per heavy atom. The van der Waals surface area contributed by atoms with Crippen LogP contribution in [0.3, 0.4) is 0 Å². The van der Waals surface area contributed by atoms with Gasteiger partial charge in [-0.3, -0.25) is 9.59 Å². The van der Waals surface area contributed by atoms with Crippen LogP contribution in [0, 0.1) is 23.2 Å². The van der Waals surface area contributed by atoms with E-state index in [1.54, 1.807) is 24.3 Å². The molecule has 0 bridgehead atoms. The molecule has 5 heteroatoms. The number of anilines is 1. The van der Waals surface area contributed by atoms with Crippen LogP contribution < -0.4 is 10.6 Å². The predicted molar refractivity (Wildman–Crippen MR) is 95.6 cm³/mol. The number of allylic oxidation sites excluding steroid dienone is 1. The Balaban J connectivity index is 1.43. The van der Waals surface area contributed by atoms with Gasteiger partial charge in [0.2, 0.25) is 11.8 Å². The highest BCUT2D eigenvalue weighted by Gasteiger charge is 2.47. The molecule has 0 heterocycles. The lowest BCUT2D eigenvalue weighted by Gasteiger charge is -2.13. The highest BCUT2D eigenvalue weighted by molar-refractivity contribution is 6.00. The van der Waals surface area contributed by atoms with Crippen molar-refractivity contribution in [2.45, 2.75) is 38.5 Å². The van der Waals surface area contributed by atoms with Gasteiger partial charge in [-0.05, 0) is 50.7 Å². The van der Waals surface area contributed by atoms with Crippen molar-refractivity contribution in [3.63, 3.8) is 0 Å². The van der Waals surface area contributed by atoms with Gasteiger partial charge in [0.1, 0.15) is 6.07 Å². The maximum atomic E-state index is 12.3. The van der Waals surface area contributed by atoms with Crippen molar-refractivity contribution in [3.8, 4) is 6.07 Å². The average Bonchev–Trinajstić information content (AvgIpc) is 3.44. The first-order valence-electron chi connectivity index (χ1n) is 8.94. The number of rotatable bonds is 6. The van der Waals surface area contributed by atoms with E-state index in [2.05, 4.69) is 22.8 Å². The molecule has 1 aromatic carbocycles. The van der Waals surface area contributed by atoms with Gasteiger partial charge in [-0.25, -0.2) is 0 Å². The summed E-state index contributed by atoms with van der Waals surface area (Å²) in [5, 5.41) is 14.8. The van der Waals surface area contributed by atoms with E-state index in [-0.39, 0.29) is 23.7 Å². The smallest absolute Gasteiger partial charge is 0.228 e. The fourth-order valence-corrected chi connectivity index (χ4v) is 3.30. The second-order valence-corrected chi connectivity index (χ2v) is 6.74. The van der Waals surface area contributed by atoms with E-state index in [9.17, 15) is 9.59 Å². The van der Waals surface area contributed by atoms with E-state index >= 15 is 0 Å². The number of nitriles is 1. The number of nitrogens with zero attached hydrogens (tertiary/aromatic N) is 1. The molecule has 1 fully saturated rings. The van der Waals surface area contributed by atoms with E-state index < -0.39 is 0 Å². The zero-order valence-electron chi connectivity index (χ0n) is 14.3. The van der Waals surface area contributed by atoms with Crippen molar-refractivity contribution < 1.29 is 9.59 Å². The Kier molecular flexibility index (Phi) is 5.49. The molecule has 25 heavy (non-hydrogen) atoms. The fourth-order valence-electron chi connectivity index (χ4n) is 3.30. The standard InChI is InChI=1S/C20H23N3O2/c21-13-15-8-4-5-9-18(15)23-20(25)17-12-16(17)19(24)22-11-10-14-6-2-1-3-7-14/h4-6,8-9,16-17H,1-3,7,10-12H2,(H,22,24)(H,23,25). The molecule has 0 radical (unpaired) electrons. The van der Waals surface area contributed by atoms with Gasteiger partial charge in [0.25, 0.3) is 0 Å². The van der Waals surface area contributed by atoms with Crippen LogP contribution in [0.1, 0.15) is 44.1 Å². The number of hydrogen-bond donors (Lipinski definition) is 2. The number of carbonyl (C=O) groups excluding carboxylic acids is 2. The Bertz CT molecular complexity index is 733. The highest BCUT2D eigenvalue weighted by Crippen LogP contribution is 2.39. The number of hydrogen-bond acceptors (Lipinski definition) is 3. The first-order chi connectivity index (χ1) is 12.2. The molecule has 1 aromatic rings. The zero-order chi connectivity index (χ0) is 17.6. The second kappa shape index (κ2) is 7.98. The molecular formula is C20H23N3O2. The molecule has 2 atom stereocenters.